The SMILES string of the molecule is O=C(CSc1ncnc2ccccc12)NCCc1ccc(OC(F)F)cc1. The Balaban J connectivity index is 1.44. The molecule has 1 aromatic heterocycles. The van der Waals surface area contributed by atoms with E-state index in [-0.39, 0.29) is 17.4 Å². The Morgan fingerprint density at radius 2 is 1.89 bits per heavy atom. The van der Waals surface area contributed by atoms with Crippen molar-refractivity contribution in [3.63, 3.8) is 0 Å². The van der Waals surface area contributed by atoms with Crippen LogP contribution in [-0.2, 0) is 11.2 Å². The molecule has 0 spiro atoms. The Labute approximate surface area is 159 Å². The first kappa shape index (κ1) is 19.0. The molecule has 0 unspecified atom stereocenters. The van der Waals surface area contributed by atoms with Crippen LogP contribution in [0.3, 0.4) is 0 Å². The standard InChI is InChI=1S/C19H17F2N3O2S/c20-19(21)26-14-7-5-13(6-8-14)9-10-22-17(25)11-27-18-15-3-1-2-4-16(15)23-12-24-18/h1-8,12,19H,9-11H2,(H,22,25). The normalized spacial score (nSPS) is 10.9. The highest BCUT2D eigenvalue weighted by molar-refractivity contribution is 8.00. The van der Waals surface area contributed by atoms with Crippen molar-refractivity contribution < 1.29 is 18.3 Å². The fourth-order valence-corrected chi connectivity index (χ4v) is 3.28. The number of para-hydroxylation sites is 1. The summed E-state index contributed by atoms with van der Waals surface area (Å²) in [6.45, 7) is -2.38. The number of carbonyl (C=O) groups is 1. The van der Waals surface area contributed by atoms with Crippen molar-refractivity contribution in [2.45, 2.75) is 18.1 Å². The highest BCUT2D eigenvalue weighted by Crippen LogP contribution is 2.23. The van der Waals surface area contributed by atoms with E-state index < -0.39 is 6.61 Å². The molecule has 1 amide bonds. The maximum Gasteiger partial charge on any atom is 0.387 e. The summed E-state index contributed by atoms with van der Waals surface area (Å²) in [5.41, 5.74) is 1.76. The minimum absolute atomic E-state index is 0.0969. The highest BCUT2D eigenvalue weighted by atomic mass is 32.2. The van der Waals surface area contributed by atoms with Gasteiger partial charge in [0.1, 0.15) is 17.1 Å². The van der Waals surface area contributed by atoms with Crippen molar-refractivity contribution in [3.05, 3.63) is 60.4 Å². The molecule has 0 radical (unpaired) electrons. The highest BCUT2D eigenvalue weighted by Gasteiger charge is 2.08. The number of aromatic nitrogens is 2. The fraction of sp³-hybridized carbons (Fsp3) is 0.211. The van der Waals surface area contributed by atoms with E-state index in [4.69, 9.17) is 0 Å². The third-order valence-electron chi connectivity index (χ3n) is 3.73. The Morgan fingerprint density at radius 3 is 2.67 bits per heavy atom. The van der Waals surface area contributed by atoms with Crippen molar-refractivity contribution in [1.29, 1.82) is 0 Å². The van der Waals surface area contributed by atoms with E-state index in [0.29, 0.717) is 13.0 Å². The van der Waals surface area contributed by atoms with Gasteiger partial charge in [-0.25, -0.2) is 9.97 Å². The molecule has 1 N–H and O–H groups in total. The molecule has 0 saturated carbocycles. The Morgan fingerprint density at radius 1 is 1.11 bits per heavy atom. The van der Waals surface area contributed by atoms with E-state index >= 15 is 0 Å². The molecule has 140 valence electrons. The quantitative estimate of drug-likeness (QED) is 0.470. The van der Waals surface area contributed by atoms with Crippen molar-refractivity contribution in [2.75, 3.05) is 12.3 Å². The summed E-state index contributed by atoms with van der Waals surface area (Å²) in [5, 5.41) is 4.53. The van der Waals surface area contributed by atoms with Gasteiger partial charge in [-0.15, -0.1) is 0 Å². The van der Waals surface area contributed by atoms with E-state index in [0.717, 1.165) is 21.5 Å². The van der Waals surface area contributed by atoms with Crippen LogP contribution in [0.15, 0.2) is 59.9 Å². The van der Waals surface area contributed by atoms with Crippen LogP contribution in [0.4, 0.5) is 8.78 Å². The molecular formula is C19H17F2N3O2S. The molecule has 1 heterocycles. The smallest absolute Gasteiger partial charge is 0.387 e. The van der Waals surface area contributed by atoms with Crippen LogP contribution < -0.4 is 10.1 Å². The van der Waals surface area contributed by atoms with Gasteiger partial charge in [-0.3, -0.25) is 4.79 Å². The summed E-state index contributed by atoms with van der Waals surface area (Å²) in [7, 11) is 0. The van der Waals surface area contributed by atoms with Gasteiger partial charge in [0.25, 0.3) is 0 Å². The predicted octanol–water partition coefficient (Wildman–Crippen LogP) is 3.68. The lowest BCUT2D eigenvalue weighted by Gasteiger charge is -2.08. The second-order valence-electron chi connectivity index (χ2n) is 5.61. The number of carbonyl (C=O) groups excluding carboxylic acids is 1. The molecule has 27 heavy (non-hydrogen) atoms. The molecule has 2 aromatic carbocycles. The first-order valence-electron chi connectivity index (χ1n) is 8.25. The minimum atomic E-state index is -2.83. The number of thioether (sulfide) groups is 1. The molecule has 0 aliphatic carbocycles. The summed E-state index contributed by atoms with van der Waals surface area (Å²) in [5.74, 6) is 0.272. The van der Waals surface area contributed by atoms with E-state index in [1.807, 2.05) is 24.3 Å². The topological polar surface area (TPSA) is 64.1 Å². The number of hydrogen-bond donors (Lipinski definition) is 1. The number of ether oxygens (including phenoxy) is 1. The lowest BCUT2D eigenvalue weighted by molar-refractivity contribution is -0.118. The van der Waals surface area contributed by atoms with Crippen molar-refractivity contribution in [3.8, 4) is 5.75 Å². The number of alkyl halides is 2. The fourth-order valence-electron chi connectivity index (χ4n) is 2.46. The van der Waals surface area contributed by atoms with Gasteiger partial charge in [-0.05, 0) is 30.2 Å². The molecule has 5 nitrogen and oxygen atoms in total. The molecule has 3 aromatic rings. The lowest BCUT2D eigenvalue weighted by atomic mass is 10.1. The van der Waals surface area contributed by atoms with E-state index in [2.05, 4.69) is 20.0 Å². The van der Waals surface area contributed by atoms with Crippen molar-refractivity contribution in [1.82, 2.24) is 15.3 Å². The van der Waals surface area contributed by atoms with Gasteiger partial charge in [0, 0.05) is 11.9 Å². The first-order valence-corrected chi connectivity index (χ1v) is 9.23. The zero-order valence-electron chi connectivity index (χ0n) is 14.3. The predicted molar refractivity (Wildman–Crippen MR) is 100 cm³/mol. The second kappa shape index (κ2) is 9.27. The van der Waals surface area contributed by atoms with Gasteiger partial charge >= 0.3 is 6.61 Å². The molecule has 0 saturated heterocycles. The summed E-state index contributed by atoms with van der Waals surface area (Å²) in [6, 6.07) is 14.0. The van der Waals surface area contributed by atoms with Crippen LogP contribution in [0.25, 0.3) is 10.9 Å². The molecule has 0 aliphatic heterocycles. The summed E-state index contributed by atoms with van der Waals surface area (Å²) in [4.78, 5) is 20.5. The Bertz CT molecular complexity index is 902. The number of amides is 1. The number of nitrogens with zero attached hydrogens (tertiary/aromatic N) is 2. The van der Waals surface area contributed by atoms with Gasteiger partial charge in [0.15, 0.2) is 0 Å². The number of fused-ring (bicyclic) bond motifs is 1. The summed E-state index contributed by atoms with van der Waals surface area (Å²) in [6.07, 6.45) is 2.09. The Kier molecular flexibility index (Phi) is 6.54. The average molecular weight is 389 g/mol. The largest absolute Gasteiger partial charge is 0.435 e. The molecule has 8 heteroatoms. The van der Waals surface area contributed by atoms with Gasteiger partial charge in [0.05, 0.1) is 11.3 Å². The van der Waals surface area contributed by atoms with Crippen LogP contribution in [0.1, 0.15) is 5.56 Å². The van der Waals surface area contributed by atoms with Crippen LogP contribution in [0, 0.1) is 0 Å². The first-order chi connectivity index (χ1) is 13.1. The number of halogens is 2. The monoisotopic (exact) mass is 389 g/mol. The minimum Gasteiger partial charge on any atom is -0.435 e. The lowest BCUT2D eigenvalue weighted by Crippen LogP contribution is -2.27. The number of rotatable bonds is 8. The summed E-state index contributed by atoms with van der Waals surface area (Å²) >= 11 is 1.36. The molecule has 0 aliphatic rings. The third kappa shape index (κ3) is 5.62. The maximum absolute atomic E-state index is 12.1. The second-order valence-corrected chi connectivity index (χ2v) is 6.57. The van der Waals surface area contributed by atoms with Crippen molar-refractivity contribution >= 4 is 28.6 Å². The van der Waals surface area contributed by atoms with Crippen LogP contribution in [0.2, 0.25) is 0 Å². The van der Waals surface area contributed by atoms with Gasteiger partial charge < -0.3 is 10.1 Å². The van der Waals surface area contributed by atoms with Crippen molar-refractivity contribution in [2.24, 2.45) is 0 Å². The van der Waals surface area contributed by atoms with E-state index in [1.54, 1.807) is 12.1 Å². The molecule has 0 atom stereocenters. The van der Waals surface area contributed by atoms with Crippen LogP contribution >= 0.6 is 11.8 Å². The van der Waals surface area contributed by atoms with Gasteiger partial charge in [-0.1, -0.05) is 42.1 Å². The maximum atomic E-state index is 12.1. The Hall–Kier alpha value is -2.74. The molecule has 3 rings (SSSR count). The molecule has 0 fully saturated rings. The number of hydrogen-bond acceptors (Lipinski definition) is 5. The van der Waals surface area contributed by atoms with Crippen LogP contribution in [0.5, 0.6) is 5.75 Å². The third-order valence-corrected chi connectivity index (χ3v) is 4.74. The van der Waals surface area contributed by atoms with Gasteiger partial charge in [-0.2, -0.15) is 8.78 Å². The molecule has 0 bridgehead atoms. The molecular weight excluding hydrogens is 372 g/mol. The number of benzene rings is 2. The van der Waals surface area contributed by atoms with Gasteiger partial charge in [0.2, 0.25) is 5.91 Å². The van der Waals surface area contributed by atoms with E-state index in [1.165, 1.54) is 30.2 Å². The van der Waals surface area contributed by atoms with E-state index in [9.17, 15) is 13.6 Å². The zero-order chi connectivity index (χ0) is 19.1. The summed E-state index contributed by atoms with van der Waals surface area (Å²) < 4.78 is 28.5. The number of nitrogens with one attached hydrogen (secondary N) is 1. The van der Waals surface area contributed by atoms with Crippen LogP contribution in [-0.4, -0.2) is 34.8 Å². The zero-order valence-corrected chi connectivity index (χ0v) is 15.1. The average Bonchev–Trinajstić information content (AvgIpc) is 2.67.